The molecule has 21 heavy (non-hydrogen) atoms. The molecule has 5 nitrogen and oxygen atoms in total. The first-order chi connectivity index (χ1) is 10.1. The van der Waals surface area contributed by atoms with Crippen LogP contribution in [0.15, 0.2) is 24.3 Å². The van der Waals surface area contributed by atoms with E-state index in [0.29, 0.717) is 26.2 Å². The van der Waals surface area contributed by atoms with Gasteiger partial charge in [0.2, 0.25) is 0 Å². The van der Waals surface area contributed by atoms with E-state index in [0.717, 1.165) is 11.5 Å². The summed E-state index contributed by atoms with van der Waals surface area (Å²) in [6, 6.07) is 7.36. The fourth-order valence-corrected chi connectivity index (χ4v) is 1.99. The Morgan fingerprint density at radius 3 is 2.33 bits per heavy atom. The fraction of sp³-hybridized carbons (Fsp3) is 0.562. The largest absolute Gasteiger partial charge is 0.497 e. The molecule has 0 spiro atoms. The van der Waals surface area contributed by atoms with Crippen molar-refractivity contribution in [3.8, 4) is 11.5 Å². The van der Waals surface area contributed by atoms with Crippen molar-refractivity contribution in [1.82, 2.24) is 5.32 Å². The zero-order valence-electron chi connectivity index (χ0n) is 13.3. The van der Waals surface area contributed by atoms with Gasteiger partial charge in [-0.25, -0.2) is 0 Å². The first kappa shape index (κ1) is 17.3. The molecular weight excluding hydrogens is 270 g/mol. The van der Waals surface area contributed by atoms with E-state index < -0.39 is 5.54 Å². The van der Waals surface area contributed by atoms with Gasteiger partial charge in [-0.2, -0.15) is 0 Å². The topological polar surface area (TPSA) is 56.8 Å². The summed E-state index contributed by atoms with van der Waals surface area (Å²) >= 11 is 0. The summed E-state index contributed by atoms with van der Waals surface area (Å²) in [5, 5.41) is 3.17. The van der Waals surface area contributed by atoms with Gasteiger partial charge in [0.1, 0.15) is 17.0 Å². The summed E-state index contributed by atoms with van der Waals surface area (Å²) in [6.45, 7) is 7.09. The Hall–Kier alpha value is -1.75. The molecule has 0 bridgehead atoms. The summed E-state index contributed by atoms with van der Waals surface area (Å²) in [5.74, 6) is 1.29. The van der Waals surface area contributed by atoms with E-state index in [1.54, 1.807) is 14.0 Å². The second kappa shape index (κ2) is 8.52. The molecule has 0 fully saturated rings. The summed E-state index contributed by atoms with van der Waals surface area (Å²) in [7, 11) is 1.62. The predicted octanol–water partition coefficient (Wildman–Crippen LogP) is 2.40. The molecular formula is C16H25NO4. The van der Waals surface area contributed by atoms with Crippen molar-refractivity contribution in [3.63, 3.8) is 0 Å². The highest BCUT2D eigenvalue weighted by molar-refractivity contribution is 5.80. The molecule has 1 rings (SSSR count). The number of hydrogen-bond acceptors (Lipinski definition) is 5. The number of rotatable bonds is 9. The Balaban J connectivity index is 2.54. The van der Waals surface area contributed by atoms with Crippen molar-refractivity contribution < 1.29 is 19.0 Å². The minimum Gasteiger partial charge on any atom is -0.497 e. The smallest absolute Gasteiger partial charge is 0.326 e. The average molecular weight is 295 g/mol. The molecule has 0 aliphatic rings. The Bertz CT molecular complexity index is 432. The van der Waals surface area contributed by atoms with Gasteiger partial charge >= 0.3 is 5.97 Å². The summed E-state index contributed by atoms with van der Waals surface area (Å²) in [6.07, 6.45) is 0.533. The SMILES string of the molecule is CCNC(C)(CCOc1ccc(OC)cc1)C(=O)OCC. The zero-order chi connectivity index (χ0) is 15.7. The number of nitrogens with one attached hydrogen (secondary N) is 1. The van der Waals surface area contributed by atoms with Crippen molar-refractivity contribution in [1.29, 1.82) is 0 Å². The molecule has 5 heteroatoms. The molecule has 0 saturated carbocycles. The van der Waals surface area contributed by atoms with Gasteiger partial charge in [0, 0.05) is 6.42 Å². The molecule has 0 aliphatic carbocycles. The maximum absolute atomic E-state index is 12.0. The van der Waals surface area contributed by atoms with E-state index in [1.807, 2.05) is 38.1 Å². The summed E-state index contributed by atoms with van der Waals surface area (Å²) < 4.78 is 15.9. The van der Waals surface area contributed by atoms with Crippen LogP contribution in [0.2, 0.25) is 0 Å². The second-order valence-electron chi connectivity index (χ2n) is 4.86. The normalized spacial score (nSPS) is 13.3. The zero-order valence-corrected chi connectivity index (χ0v) is 13.3. The minimum atomic E-state index is -0.725. The Morgan fingerprint density at radius 1 is 1.19 bits per heavy atom. The number of ether oxygens (including phenoxy) is 3. The summed E-state index contributed by atoms with van der Waals surface area (Å²) in [5.41, 5.74) is -0.725. The van der Waals surface area contributed by atoms with Crippen LogP contribution in [0.5, 0.6) is 11.5 Å². The lowest BCUT2D eigenvalue weighted by atomic mass is 9.98. The van der Waals surface area contributed by atoms with Gasteiger partial charge in [-0.3, -0.25) is 4.79 Å². The van der Waals surface area contributed by atoms with Gasteiger partial charge in [-0.15, -0.1) is 0 Å². The van der Waals surface area contributed by atoms with Crippen LogP contribution in [0.25, 0.3) is 0 Å². The molecule has 1 atom stereocenters. The molecule has 0 radical (unpaired) electrons. The third kappa shape index (κ3) is 5.27. The van der Waals surface area contributed by atoms with Crippen molar-refractivity contribution in [2.75, 3.05) is 26.9 Å². The maximum atomic E-state index is 12.0. The van der Waals surface area contributed by atoms with E-state index in [2.05, 4.69) is 5.32 Å². The van der Waals surface area contributed by atoms with Crippen molar-refractivity contribution >= 4 is 5.97 Å². The second-order valence-corrected chi connectivity index (χ2v) is 4.86. The van der Waals surface area contributed by atoms with Crippen molar-refractivity contribution in [2.24, 2.45) is 0 Å². The number of esters is 1. The monoisotopic (exact) mass is 295 g/mol. The third-order valence-electron chi connectivity index (χ3n) is 3.22. The Kier molecular flexibility index (Phi) is 7.02. The van der Waals surface area contributed by atoms with Gasteiger partial charge in [-0.1, -0.05) is 6.92 Å². The van der Waals surface area contributed by atoms with Gasteiger partial charge < -0.3 is 19.5 Å². The van der Waals surface area contributed by atoms with E-state index in [4.69, 9.17) is 14.2 Å². The molecule has 1 aromatic carbocycles. The van der Waals surface area contributed by atoms with Crippen LogP contribution in [0.4, 0.5) is 0 Å². The number of likely N-dealkylation sites (N-methyl/N-ethyl adjacent to an activating group) is 1. The van der Waals surface area contributed by atoms with E-state index in [1.165, 1.54) is 0 Å². The van der Waals surface area contributed by atoms with Gasteiger partial charge in [-0.05, 0) is 44.7 Å². The molecule has 118 valence electrons. The summed E-state index contributed by atoms with van der Waals surface area (Å²) in [4.78, 5) is 12.0. The highest BCUT2D eigenvalue weighted by Gasteiger charge is 2.33. The highest BCUT2D eigenvalue weighted by Crippen LogP contribution is 2.19. The maximum Gasteiger partial charge on any atom is 0.326 e. The quantitative estimate of drug-likeness (QED) is 0.709. The van der Waals surface area contributed by atoms with Gasteiger partial charge in [0.25, 0.3) is 0 Å². The number of hydrogen-bond donors (Lipinski definition) is 1. The predicted molar refractivity (Wildman–Crippen MR) is 81.8 cm³/mol. The molecule has 1 unspecified atom stereocenters. The first-order valence-electron chi connectivity index (χ1n) is 7.24. The van der Waals surface area contributed by atoms with Crippen molar-refractivity contribution in [3.05, 3.63) is 24.3 Å². The minimum absolute atomic E-state index is 0.245. The standard InChI is InChI=1S/C16H25NO4/c1-5-17-16(3,15(18)20-6-2)11-12-21-14-9-7-13(19-4)8-10-14/h7-10,17H,5-6,11-12H2,1-4H3. The van der Waals surface area contributed by atoms with Crippen LogP contribution >= 0.6 is 0 Å². The number of benzene rings is 1. The van der Waals surface area contributed by atoms with Crippen LogP contribution in [-0.2, 0) is 9.53 Å². The van der Waals surface area contributed by atoms with Crippen molar-refractivity contribution in [2.45, 2.75) is 32.7 Å². The van der Waals surface area contributed by atoms with Crippen LogP contribution < -0.4 is 14.8 Å². The molecule has 0 heterocycles. The number of carbonyl (C=O) groups excluding carboxylic acids is 1. The van der Waals surface area contributed by atoms with E-state index >= 15 is 0 Å². The lowest BCUT2D eigenvalue weighted by molar-refractivity contribution is -0.151. The molecule has 0 saturated heterocycles. The number of methoxy groups -OCH3 is 1. The third-order valence-corrected chi connectivity index (χ3v) is 3.22. The van der Waals surface area contributed by atoms with E-state index in [9.17, 15) is 4.79 Å². The van der Waals surface area contributed by atoms with Crippen LogP contribution in [0, 0.1) is 0 Å². The van der Waals surface area contributed by atoms with E-state index in [-0.39, 0.29) is 5.97 Å². The van der Waals surface area contributed by atoms with Gasteiger partial charge in [0.15, 0.2) is 0 Å². The van der Waals surface area contributed by atoms with Gasteiger partial charge in [0.05, 0.1) is 20.3 Å². The van der Waals surface area contributed by atoms with Crippen LogP contribution in [0.1, 0.15) is 27.2 Å². The lowest BCUT2D eigenvalue weighted by Gasteiger charge is -2.28. The Labute approximate surface area is 126 Å². The Morgan fingerprint density at radius 2 is 1.81 bits per heavy atom. The fourth-order valence-electron chi connectivity index (χ4n) is 1.99. The molecule has 0 aromatic heterocycles. The molecule has 0 amide bonds. The molecule has 0 aliphatic heterocycles. The van der Waals surface area contributed by atoms with Crippen LogP contribution in [0.3, 0.4) is 0 Å². The first-order valence-corrected chi connectivity index (χ1v) is 7.24. The number of carbonyl (C=O) groups is 1. The molecule has 1 N–H and O–H groups in total. The molecule has 1 aromatic rings. The lowest BCUT2D eigenvalue weighted by Crippen LogP contribution is -2.51. The average Bonchev–Trinajstić information content (AvgIpc) is 2.48. The van der Waals surface area contributed by atoms with Crippen LogP contribution in [-0.4, -0.2) is 38.4 Å². The highest BCUT2D eigenvalue weighted by atomic mass is 16.5.